The lowest BCUT2D eigenvalue weighted by molar-refractivity contribution is -0.0536. The molecule has 0 saturated heterocycles. The molecule has 84 valence electrons. The SMILES string of the molecule is COc1cc(F)c(OC(F)F)c(OC)c1. The smallest absolute Gasteiger partial charge is 0.387 e. The van der Waals surface area contributed by atoms with Crippen LogP contribution in [0.5, 0.6) is 17.2 Å². The molecule has 0 radical (unpaired) electrons. The predicted molar refractivity (Wildman–Crippen MR) is 46.1 cm³/mol. The Morgan fingerprint density at radius 1 is 1.13 bits per heavy atom. The van der Waals surface area contributed by atoms with Gasteiger partial charge in [0, 0.05) is 12.1 Å². The minimum absolute atomic E-state index is 0.146. The van der Waals surface area contributed by atoms with Crippen molar-refractivity contribution in [2.75, 3.05) is 14.2 Å². The summed E-state index contributed by atoms with van der Waals surface area (Å²) in [7, 11) is 2.54. The standard InChI is InChI=1S/C9H9F3O3/c1-13-5-3-6(10)8(15-9(11)12)7(4-5)14-2/h3-4,9H,1-2H3. The summed E-state index contributed by atoms with van der Waals surface area (Å²) in [6.45, 7) is -3.11. The van der Waals surface area contributed by atoms with Crippen molar-refractivity contribution in [3.63, 3.8) is 0 Å². The Bertz CT molecular complexity index is 342. The Morgan fingerprint density at radius 2 is 1.80 bits per heavy atom. The molecule has 0 fully saturated rings. The number of halogens is 3. The molecule has 1 rings (SSSR count). The quantitative estimate of drug-likeness (QED) is 0.783. The molecule has 0 N–H and O–H groups in total. The number of methoxy groups -OCH3 is 2. The first-order valence-electron chi connectivity index (χ1n) is 3.94. The lowest BCUT2D eigenvalue weighted by Crippen LogP contribution is -2.05. The van der Waals surface area contributed by atoms with Crippen molar-refractivity contribution in [1.29, 1.82) is 0 Å². The molecule has 0 aromatic heterocycles. The van der Waals surface area contributed by atoms with Crippen LogP contribution in [0.3, 0.4) is 0 Å². The topological polar surface area (TPSA) is 27.7 Å². The van der Waals surface area contributed by atoms with Gasteiger partial charge < -0.3 is 14.2 Å². The predicted octanol–water partition coefficient (Wildman–Crippen LogP) is 2.44. The second-order valence-electron chi connectivity index (χ2n) is 2.52. The van der Waals surface area contributed by atoms with E-state index >= 15 is 0 Å². The molecule has 0 atom stereocenters. The summed E-state index contributed by atoms with van der Waals surface area (Å²) in [5.41, 5.74) is 0. The summed E-state index contributed by atoms with van der Waals surface area (Å²) < 4.78 is 50.5. The van der Waals surface area contributed by atoms with E-state index in [1.165, 1.54) is 20.3 Å². The molecule has 6 heteroatoms. The average molecular weight is 222 g/mol. The van der Waals surface area contributed by atoms with Crippen LogP contribution in [-0.4, -0.2) is 20.8 Å². The third-order valence-corrected chi connectivity index (χ3v) is 1.65. The van der Waals surface area contributed by atoms with Crippen molar-refractivity contribution in [1.82, 2.24) is 0 Å². The fourth-order valence-corrected chi connectivity index (χ4v) is 1.02. The Hall–Kier alpha value is -1.59. The van der Waals surface area contributed by atoms with Gasteiger partial charge in [0.05, 0.1) is 14.2 Å². The minimum Gasteiger partial charge on any atom is -0.497 e. The number of alkyl halides is 2. The highest BCUT2D eigenvalue weighted by Crippen LogP contribution is 2.35. The molecule has 0 spiro atoms. The summed E-state index contributed by atoms with van der Waals surface area (Å²) in [5.74, 6) is -1.59. The van der Waals surface area contributed by atoms with Crippen molar-refractivity contribution in [2.45, 2.75) is 6.61 Å². The molecule has 0 aliphatic heterocycles. The van der Waals surface area contributed by atoms with Gasteiger partial charge in [0.2, 0.25) is 5.75 Å². The Balaban J connectivity index is 3.12. The van der Waals surface area contributed by atoms with E-state index in [0.29, 0.717) is 0 Å². The van der Waals surface area contributed by atoms with Gasteiger partial charge in [-0.25, -0.2) is 4.39 Å². The first kappa shape index (κ1) is 11.5. The van der Waals surface area contributed by atoms with Crippen LogP contribution in [0.1, 0.15) is 0 Å². The van der Waals surface area contributed by atoms with Gasteiger partial charge >= 0.3 is 6.61 Å². The second-order valence-corrected chi connectivity index (χ2v) is 2.52. The summed E-state index contributed by atoms with van der Waals surface area (Å²) >= 11 is 0. The summed E-state index contributed by atoms with van der Waals surface area (Å²) in [6, 6.07) is 2.18. The zero-order chi connectivity index (χ0) is 11.4. The Morgan fingerprint density at radius 3 is 2.27 bits per heavy atom. The molecule has 1 aromatic carbocycles. The highest BCUT2D eigenvalue weighted by Gasteiger charge is 2.17. The van der Waals surface area contributed by atoms with Crippen LogP contribution in [-0.2, 0) is 0 Å². The zero-order valence-electron chi connectivity index (χ0n) is 8.09. The molecule has 0 unspecified atom stereocenters. The molecule has 3 nitrogen and oxygen atoms in total. The van der Waals surface area contributed by atoms with E-state index in [-0.39, 0.29) is 11.5 Å². The number of hydrogen-bond acceptors (Lipinski definition) is 3. The maximum absolute atomic E-state index is 13.2. The average Bonchev–Trinajstić information content (AvgIpc) is 2.20. The number of rotatable bonds is 4. The Labute approximate surface area is 84.4 Å². The molecular weight excluding hydrogens is 213 g/mol. The first-order chi connectivity index (χ1) is 7.08. The van der Waals surface area contributed by atoms with Crippen molar-refractivity contribution in [3.8, 4) is 17.2 Å². The molecule has 0 aliphatic carbocycles. The number of benzene rings is 1. The van der Waals surface area contributed by atoms with E-state index in [1.54, 1.807) is 0 Å². The van der Waals surface area contributed by atoms with Crippen molar-refractivity contribution in [3.05, 3.63) is 17.9 Å². The lowest BCUT2D eigenvalue weighted by Gasteiger charge is -2.11. The fraction of sp³-hybridized carbons (Fsp3) is 0.333. The summed E-state index contributed by atoms with van der Waals surface area (Å²) in [4.78, 5) is 0. The zero-order valence-corrected chi connectivity index (χ0v) is 8.09. The molecule has 1 aromatic rings. The van der Waals surface area contributed by atoms with Gasteiger partial charge in [-0.05, 0) is 0 Å². The molecule has 0 heterocycles. The van der Waals surface area contributed by atoms with Crippen molar-refractivity contribution in [2.24, 2.45) is 0 Å². The van der Waals surface area contributed by atoms with Gasteiger partial charge in [-0.15, -0.1) is 0 Å². The van der Waals surface area contributed by atoms with Crippen LogP contribution in [0.2, 0.25) is 0 Å². The number of ether oxygens (including phenoxy) is 3. The van der Waals surface area contributed by atoms with E-state index < -0.39 is 18.2 Å². The van der Waals surface area contributed by atoms with E-state index in [9.17, 15) is 13.2 Å². The fourth-order valence-electron chi connectivity index (χ4n) is 1.02. The largest absolute Gasteiger partial charge is 0.497 e. The van der Waals surface area contributed by atoms with E-state index in [4.69, 9.17) is 9.47 Å². The lowest BCUT2D eigenvalue weighted by atomic mass is 10.3. The van der Waals surface area contributed by atoms with Gasteiger partial charge in [-0.2, -0.15) is 8.78 Å². The third kappa shape index (κ3) is 2.68. The maximum Gasteiger partial charge on any atom is 0.387 e. The molecule has 0 saturated carbocycles. The normalized spacial score (nSPS) is 10.3. The molecule has 0 bridgehead atoms. The minimum atomic E-state index is -3.11. The van der Waals surface area contributed by atoms with E-state index in [2.05, 4.69) is 4.74 Å². The van der Waals surface area contributed by atoms with Gasteiger partial charge in [-0.3, -0.25) is 0 Å². The maximum atomic E-state index is 13.2. The van der Waals surface area contributed by atoms with Gasteiger partial charge in [0.15, 0.2) is 11.6 Å². The van der Waals surface area contributed by atoms with Crippen molar-refractivity contribution < 1.29 is 27.4 Å². The molecule has 0 amide bonds. The van der Waals surface area contributed by atoms with Gasteiger partial charge in [0.25, 0.3) is 0 Å². The van der Waals surface area contributed by atoms with Crippen LogP contribution < -0.4 is 14.2 Å². The highest BCUT2D eigenvalue weighted by molar-refractivity contribution is 5.46. The highest BCUT2D eigenvalue weighted by atomic mass is 19.3. The second kappa shape index (κ2) is 4.77. The van der Waals surface area contributed by atoms with Gasteiger partial charge in [-0.1, -0.05) is 0 Å². The Kier molecular flexibility index (Phi) is 3.65. The van der Waals surface area contributed by atoms with Crippen molar-refractivity contribution >= 4 is 0 Å². The van der Waals surface area contributed by atoms with Crippen LogP contribution in [0.25, 0.3) is 0 Å². The van der Waals surface area contributed by atoms with Crippen LogP contribution in [0.15, 0.2) is 12.1 Å². The van der Waals surface area contributed by atoms with Crippen LogP contribution in [0.4, 0.5) is 13.2 Å². The van der Waals surface area contributed by atoms with Crippen LogP contribution >= 0.6 is 0 Å². The number of hydrogen-bond donors (Lipinski definition) is 0. The third-order valence-electron chi connectivity index (χ3n) is 1.65. The molecule has 15 heavy (non-hydrogen) atoms. The summed E-state index contributed by atoms with van der Waals surface area (Å²) in [5, 5.41) is 0. The first-order valence-corrected chi connectivity index (χ1v) is 3.94. The molecular formula is C9H9F3O3. The van der Waals surface area contributed by atoms with Gasteiger partial charge in [0.1, 0.15) is 5.75 Å². The van der Waals surface area contributed by atoms with Crippen LogP contribution in [0, 0.1) is 5.82 Å². The summed E-state index contributed by atoms with van der Waals surface area (Å²) in [6.07, 6.45) is 0. The van der Waals surface area contributed by atoms with E-state index in [1.807, 2.05) is 0 Å². The van der Waals surface area contributed by atoms with E-state index in [0.717, 1.165) is 6.07 Å². The monoisotopic (exact) mass is 222 g/mol. The molecule has 0 aliphatic rings.